The molecule has 1 aliphatic heterocycles. The van der Waals surface area contributed by atoms with E-state index < -0.39 is 0 Å². The highest BCUT2D eigenvalue weighted by molar-refractivity contribution is 6.07. The molecule has 5 rings (SSSR count). The molecule has 0 saturated heterocycles. The molecule has 1 amide bonds. The summed E-state index contributed by atoms with van der Waals surface area (Å²) < 4.78 is 11.9. The first-order valence-corrected chi connectivity index (χ1v) is 14.7. The first kappa shape index (κ1) is 26.5. The smallest absolute Gasteiger partial charge is 0.247 e. The zero-order chi connectivity index (χ0) is 26.2. The average molecular weight is 515 g/mol. The Kier molecular flexibility index (Phi) is 9.16. The van der Waals surface area contributed by atoms with Crippen LogP contribution in [0.1, 0.15) is 81.8 Å². The molecule has 5 heteroatoms. The van der Waals surface area contributed by atoms with E-state index in [4.69, 9.17) is 14.6 Å². The van der Waals surface area contributed by atoms with Crippen LogP contribution in [0.2, 0.25) is 0 Å². The number of allylic oxidation sites excluding steroid dienone is 2. The van der Waals surface area contributed by atoms with Gasteiger partial charge in [-0.15, -0.1) is 0 Å². The van der Waals surface area contributed by atoms with E-state index in [0.29, 0.717) is 6.61 Å². The van der Waals surface area contributed by atoms with Crippen LogP contribution in [0.15, 0.2) is 65.8 Å². The summed E-state index contributed by atoms with van der Waals surface area (Å²) in [6.07, 6.45) is 17.4. The number of hydrogen-bond acceptors (Lipinski definition) is 4. The Bertz CT molecular complexity index is 1120. The Morgan fingerprint density at radius 1 is 0.868 bits per heavy atom. The van der Waals surface area contributed by atoms with Crippen LogP contribution < -0.4 is 9.47 Å². The lowest BCUT2D eigenvalue weighted by Crippen LogP contribution is -2.49. The number of carbonyl (C=O) groups excluding carboxylic acids is 1. The molecule has 0 radical (unpaired) electrons. The highest BCUT2D eigenvalue weighted by atomic mass is 16.5. The standard InChI is InChI=1S/C33H42N2O3/c1-37-30-22-21-26(24-31(30)38-23-13-5-8-16-25-14-6-4-7-15-25)32-28-19-11-12-20-29(28)33(36)35(34-32)27-17-9-2-3-10-18-27/h4,6-7,11-12,14-15,21-22,24,27-29H,2-3,5,8-10,13,16-20,23H2,1H3. The topological polar surface area (TPSA) is 51.1 Å². The first-order chi connectivity index (χ1) is 18.7. The number of hydrogen-bond donors (Lipinski definition) is 0. The molecule has 2 aromatic carbocycles. The molecule has 2 aromatic rings. The van der Waals surface area contributed by atoms with Gasteiger partial charge in [0.2, 0.25) is 5.91 Å². The van der Waals surface area contributed by atoms with Gasteiger partial charge in [-0.1, -0.05) is 68.2 Å². The minimum Gasteiger partial charge on any atom is -0.493 e. The van der Waals surface area contributed by atoms with Gasteiger partial charge in [0.25, 0.3) is 0 Å². The molecule has 202 valence electrons. The molecule has 1 saturated carbocycles. The zero-order valence-corrected chi connectivity index (χ0v) is 22.8. The molecule has 1 fully saturated rings. The van der Waals surface area contributed by atoms with Crippen LogP contribution in [0.3, 0.4) is 0 Å². The number of ether oxygens (including phenoxy) is 2. The summed E-state index contributed by atoms with van der Waals surface area (Å²) in [6, 6.07) is 17.0. The monoisotopic (exact) mass is 514 g/mol. The van der Waals surface area contributed by atoms with E-state index in [0.717, 1.165) is 74.1 Å². The first-order valence-electron chi connectivity index (χ1n) is 14.7. The van der Waals surface area contributed by atoms with Gasteiger partial charge in [-0.25, -0.2) is 5.01 Å². The summed E-state index contributed by atoms with van der Waals surface area (Å²) in [5, 5.41) is 6.97. The Morgan fingerprint density at radius 3 is 2.39 bits per heavy atom. The van der Waals surface area contributed by atoms with Gasteiger partial charge < -0.3 is 9.47 Å². The number of benzene rings is 2. The second-order valence-electron chi connectivity index (χ2n) is 11.0. The Hall–Kier alpha value is -3.08. The fraction of sp³-hybridized carbons (Fsp3) is 0.515. The highest BCUT2D eigenvalue weighted by Crippen LogP contribution is 2.39. The van der Waals surface area contributed by atoms with E-state index in [-0.39, 0.29) is 23.8 Å². The number of unbranched alkanes of at least 4 members (excludes halogenated alkanes) is 2. The molecule has 2 atom stereocenters. The largest absolute Gasteiger partial charge is 0.493 e. The Morgan fingerprint density at radius 2 is 1.63 bits per heavy atom. The summed E-state index contributed by atoms with van der Waals surface area (Å²) in [5.41, 5.74) is 3.46. The van der Waals surface area contributed by atoms with Crippen molar-refractivity contribution in [3.8, 4) is 11.5 Å². The molecule has 38 heavy (non-hydrogen) atoms. The third kappa shape index (κ3) is 6.31. The highest BCUT2D eigenvalue weighted by Gasteiger charge is 2.42. The molecular formula is C33H42N2O3. The number of methoxy groups -OCH3 is 1. The number of nitrogens with zero attached hydrogens (tertiary/aromatic N) is 2. The van der Waals surface area contributed by atoms with Crippen LogP contribution in [0.25, 0.3) is 0 Å². The van der Waals surface area contributed by atoms with Gasteiger partial charge in [0.1, 0.15) is 0 Å². The van der Waals surface area contributed by atoms with E-state index in [1.54, 1.807) is 7.11 Å². The Labute approximate surface area is 227 Å². The summed E-state index contributed by atoms with van der Waals surface area (Å²) >= 11 is 0. The summed E-state index contributed by atoms with van der Waals surface area (Å²) in [6.45, 7) is 0.655. The van der Waals surface area contributed by atoms with Crippen LogP contribution in [0, 0.1) is 11.8 Å². The molecule has 0 spiro atoms. The van der Waals surface area contributed by atoms with Crippen molar-refractivity contribution in [1.29, 1.82) is 0 Å². The van der Waals surface area contributed by atoms with Crippen LogP contribution in [0.5, 0.6) is 11.5 Å². The van der Waals surface area contributed by atoms with Gasteiger partial charge in [-0.3, -0.25) is 4.79 Å². The van der Waals surface area contributed by atoms with Crippen molar-refractivity contribution >= 4 is 11.6 Å². The minimum absolute atomic E-state index is 0.0214. The summed E-state index contributed by atoms with van der Waals surface area (Å²) in [7, 11) is 1.69. The maximum Gasteiger partial charge on any atom is 0.247 e. The predicted molar refractivity (Wildman–Crippen MR) is 153 cm³/mol. The van der Waals surface area contributed by atoms with Crippen LogP contribution in [0.4, 0.5) is 0 Å². The number of fused-ring (bicyclic) bond motifs is 1. The molecule has 2 unspecified atom stereocenters. The summed E-state index contributed by atoms with van der Waals surface area (Å²) in [4.78, 5) is 13.6. The molecule has 0 aromatic heterocycles. The van der Waals surface area contributed by atoms with Crippen molar-refractivity contribution in [2.75, 3.05) is 13.7 Å². The van der Waals surface area contributed by atoms with Crippen molar-refractivity contribution in [3.63, 3.8) is 0 Å². The fourth-order valence-electron chi connectivity index (χ4n) is 6.22. The second-order valence-corrected chi connectivity index (χ2v) is 11.0. The SMILES string of the molecule is COc1ccc(C2=NN(C3CCCCCC3)C(=O)C3CC=CCC23)cc1OCCCCCc1ccccc1. The van der Waals surface area contributed by atoms with E-state index in [1.807, 2.05) is 11.1 Å². The van der Waals surface area contributed by atoms with Crippen LogP contribution in [-0.4, -0.2) is 36.4 Å². The van der Waals surface area contributed by atoms with Gasteiger partial charge in [0.15, 0.2) is 11.5 Å². The number of hydrazone groups is 1. The van der Waals surface area contributed by atoms with Crippen molar-refractivity contribution in [3.05, 3.63) is 71.8 Å². The van der Waals surface area contributed by atoms with Crippen LogP contribution in [-0.2, 0) is 11.2 Å². The molecule has 3 aliphatic rings. The number of rotatable bonds is 10. The average Bonchev–Trinajstić information content (AvgIpc) is 3.25. The van der Waals surface area contributed by atoms with E-state index >= 15 is 0 Å². The number of aryl methyl sites for hydroxylation is 1. The lowest BCUT2D eigenvalue weighted by Gasteiger charge is -2.40. The maximum atomic E-state index is 13.6. The van der Waals surface area contributed by atoms with E-state index in [2.05, 4.69) is 54.6 Å². The van der Waals surface area contributed by atoms with Crippen LogP contribution >= 0.6 is 0 Å². The van der Waals surface area contributed by atoms with Gasteiger partial charge in [-0.2, -0.15) is 5.10 Å². The van der Waals surface area contributed by atoms with Gasteiger partial charge in [0, 0.05) is 11.5 Å². The molecule has 1 heterocycles. The number of carbonyl (C=O) groups is 1. The minimum atomic E-state index is -0.0214. The predicted octanol–water partition coefficient (Wildman–Crippen LogP) is 7.34. The maximum absolute atomic E-state index is 13.6. The molecule has 2 aliphatic carbocycles. The Balaban J connectivity index is 1.30. The van der Waals surface area contributed by atoms with Gasteiger partial charge in [-0.05, 0) is 75.1 Å². The van der Waals surface area contributed by atoms with E-state index in [9.17, 15) is 4.79 Å². The lowest BCUT2D eigenvalue weighted by atomic mass is 9.76. The molecule has 5 nitrogen and oxygen atoms in total. The van der Waals surface area contributed by atoms with Crippen molar-refractivity contribution in [2.45, 2.75) is 83.1 Å². The normalized spacial score (nSPS) is 22.0. The zero-order valence-electron chi connectivity index (χ0n) is 22.8. The lowest BCUT2D eigenvalue weighted by molar-refractivity contribution is -0.140. The third-order valence-electron chi connectivity index (χ3n) is 8.38. The molecule has 0 bridgehead atoms. The number of amides is 1. The van der Waals surface area contributed by atoms with Crippen molar-refractivity contribution in [1.82, 2.24) is 5.01 Å². The quantitative estimate of drug-likeness (QED) is 0.189. The van der Waals surface area contributed by atoms with Crippen molar-refractivity contribution in [2.24, 2.45) is 16.9 Å². The summed E-state index contributed by atoms with van der Waals surface area (Å²) in [5.74, 6) is 1.82. The van der Waals surface area contributed by atoms with E-state index in [1.165, 1.54) is 31.2 Å². The van der Waals surface area contributed by atoms with Crippen molar-refractivity contribution < 1.29 is 14.3 Å². The van der Waals surface area contributed by atoms with Gasteiger partial charge in [0.05, 0.1) is 31.4 Å². The van der Waals surface area contributed by atoms with Gasteiger partial charge >= 0.3 is 0 Å². The third-order valence-corrected chi connectivity index (χ3v) is 8.38. The fourth-order valence-corrected chi connectivity index (χ4v) is 6.22. The molecular weight excluding hydrogens is 472 g/mol. The second kappa shape index (κ2) is 13.1. The molecule has 0 N–H and O–H groups in total.